The van der Waals surface area contributed by atoms with Gasteiger partial charge in [0, 0.05) is 17.5 Å². The van der Waals surface area contributed by atoms with E-state index in [9.17, 15) is 0 Å². The maximum atomic E-state index is 5.47. The van der Waals surface area contributed by atoms with Crippen molar-refractivity contribution < 1.29 is 0 Å². The Kier molecular flexibility index (Phi) is 3.56. The Balaban J connectivity index is 2.04. The number of nitrogens with zero attached hydrogens (tertiary/aromatic N) is 2. The Labute approximate surface area is 101 Å². The minimum atomic E-state index is 0.654. The van der Waals surface area contributed by atoms with E-state index in [2.05, 4.69) is 43.8 Å². The van der Waals surface area contributed by atoms with Gasteiger partial charge in [-0.15, -0.1) is 11.3 Å². The molecule has 0 unspecified atom stereocenters. The second-order valence-corrected chi connectivity index (χ2v) is 5.83. The minimum Gasteiger partial charge on any atom is -0.332 e. The van der Waals surface area contributed by atoms with Crippen LogP contribution in [0, 0.1) is 0 Å². The van der Waals surface area contributed by atoms with E-state index in [1.807, 2.05) is 6.33 Å². The molecule has 3 nitrogen and oxygen atoms in total. The van der Waals surface area contributed by atoms with Crippen molar-refractivity contribution in [3.63, 3.8) is 0 Å². The Morgan fingerprint density at radius 2 is 2.33 bits per heavy atom. The molecule has 0 aliphatic rings. The van der Waals surface area contributed by atoms with Crippen molar-refractivity contribution >= 4 is 27.3 Å². The van der Waals surface area contributed by atoms with Gasteiger partial charge in [-0.3, -0.25) is 0 Å². The largest absolute Gasteiger partial charge is 0.332 e. The Hall–Kier alpha value is -0.650. The normalized spacial score (nSPS) is 10.8. The predicted molar refractivity (Wildman–Crippen MR) is 66.1 cm³/mol. The lowest BCUT2D eigenvalue weighted by Gasteiger charge is -1.97. The molecule has 2 rings (SSSR count). The number of hydrogen-bond donors (Lipinski definition) is 1. The van der Waals surface area contributed by atoms with Crippen LogP contribution in [0.4, 0.5) is 0 Å². The lowest BCUT2D eigenvalue weighted by Crippen LogP contribution is -2.02. The topological polar surface area (TPSA) is 43.8 Å². The fourth-order valence-electron chi connectivity index (χ4n) is 1.39. The van der Waals surface area contributed by atoms with Gasteiger partial charge in [0.1, 0.15) is 0 Å². The highest BCUT2D eigenvalue weighted by molar-refractivity contribution is 9.11. The number of aromatic nitrogens is 2. The van der Waals surface area contributed by atoms with E-state index < -0.39 is 0 Å². The van der Waals surface area contributed by atoms with Crippen molar-refractivity contribution in [2.24, 2.45) is 5.73 Å². The fraction of sp³-hybridized carbons (Fsp3) is 0.300. The zero-order valence-corrected chi connectivity index (χ0v) is 10.6. The van der Waals surface area contributed by atoms with Gasteiger partial charge in [0.05, 0.1) is 22.4 Å². The molecule has 0 radical (unpaired) electrons. The van der Waals surface area contributed by atoms with Crippen molar-refractivity contribution in [2.75, 3.05) is 6.54 Å². The molecule has 80 valence electrons. The predicted octanol–water partition coefficient (Wildman–Crippen LogP) is 2.26. The second-order valence-electron chi connectivity index (χ2n) is 3.28. The summed E-state index contributed by atoms with van der Waals surface area (Å²) in [5, 5.41) is 0. The fourth-order valence-corrected chi connectivity index (χ4v) is 2.88. The highest BCUT2D eigenvalue weighted by atomic mass is 79.9. The summed E-state index contributed by atoms with van der Waals surface area (Å²) in [6, 6.07) is 4.19. The van der Waals surface area contributed by atoms with Gasteiger partial charge in [0.15, 0.2) is 0 Å². The van der Waals surface area contributed by atoms with Crippen LogP contribution in [-0.4, -0.2) is 16.1 Å². The van der Waals surface area contributed by atoms with Crippen LogP contribution in [0.3, 0.4) is 0 Å². The third-order valence-electron chi connectivity index (χ3n) is 2.05. The molecule has 0 fully saturated rings. The number of thiophene rings is 1. The monoisotopic (exact) mass is 285 g/mol. The van der Waals surface area contributed by atoms with E-state index in [0.717, 1.165) is 18.7 Å². The molecule has 15 heavy (non-hydrogen) atoms. The van der Waals surface area contributed by atoms with Crippen molar-refractivity contribution in [1.82, 2.24) is 9.55 Å². The van der Waals surface area contributed by atoms with Gasteiger partial charge in [-0.05, 0) is 34.6 Å². The third-order valence-corrected chi connectivity index (χ3v) is 3.66. The molecular formula is C10H12BrN3S. The summed E-state index contributed by atoms with van der Waals surface area (Å²) in [5.74, 6) is 0. The summed E-state index contributed by atoms with van der Waals surface area (Å²) >= 11 is 5.20. The number of nitrogens with two attached hydrogens (primary N) is 1. The standard InChI is InChI=1S/C10H12BrN3S/c11-10-2-1-9(15-10)6-14-5-8(3-4-12)13-7-14/h1-2,5,7H,3-4,6,12H2. The first-order valence-corrected chi connectivity index (χ1v) is 6.34. The van der Waals surface area contributed by atoms with E-state index in [1.165, 1.54) is 8.66 Å². The molecule has 0 aromatic carbocycles. The van der Waals surface area contributed by atoms with Crippen LogP contribution in [0.25, 0.3) is 0 Å². The van der Waals surface area contributed by atoms with Gasteiger partial charge in [0.25, 0.3) is 0 Å². The summed E-state index contributed by atoms with van der Waals surface area (Å²) in [6.45, 7) is 1.54. The Bertz CT molecular complexity index is 435. The third kappa shape index (κ3) is 2.90. The summed E-state index contributed by atoms with van der Waals surface area (Å²) in [6.07, 6.45) is 4.76. The lowest BCUT2D eigenvalue weighted by molar-refractivity contribution is 0.808. The van der Waals surface area contributed by atoms with Crippen LogP contribution < -0.4 is 5.73 Å². The highest BCUT2D eigenvalue weighted by Gasteiger charge is 2.01. The minimum absolute atomic E-state index is 0.654. The summed E-state index contributed by atoms with van der Waals surface area (Å²) in [7, 11) is 0. The van der Waals surface area contributed by atoms with Crippen molar-refractivity contribution in [2.45, 2.75) is 13.0 Å². The van der Waals surface area contributed by atoms with Crippen LogP contribution in [0.5, 0.6) is 0 Å². The molecule has 0 atom stereocenters. The average molecular weight is 286 g/mol. The quantitative estimate of drug-likeness (QED) is 0.937. The molecule has 2 heterocycles. The molecule has 0 amide bonds. The van der Waals surface area contributed by atoms with Crippen molar-refractivity contribution in [1.29, 1.82) is 0 Å². The maximum Gasteiger partial charge on any atom is 0.0952 e. The van der Waals surface area contributed by atoms with Gasteiger partial charge in [0.2, 0.25) is 0 Å². The first kappa shape index (κ1) is 10.9. The smallest absolute Gasteiger partial charge is 0.0952 e. The SMILES string of the molecule is NCCc1cn(Cc2ccc(Br)s2)cn1. The van der Waals surface area contributed by atoms with Gasteiger partial charge >= 0.3 is 0 Å². The van der Waals surface area contributed by atoms with Gasteiger partial charge < -0.3 is 10.3 Å². The number of halogens is 1. The van der Waals surface area contributed by atoms with Crippen LogP contribution in [0.2, 0.25) is 0 Å². The average Bonchev–Trinajstić information content (AvgIpc) is 2.78. The van der Waals surface area contributed by atoms with E-state index >= 15 is 0 Å². The summed E-state index contributed by atoms with van der Waals surface area (Å²) in [4.78, 5) is 5.60. The van der Waals surface area contributed by atoms with Crippen molar-refractivity contribution in [3.05, 3.63) is 39.0 Å². The zero-order chi connectivity index (χ0) is 10.7. The van der Waals surface area contributed by atoms with Gasteiger partial charge in [-0.2, -0.15) is 0 Å². The first-order valence-electron chi connectivity index (χ1n) is 4.73. The van der Waals surface area contributed by atoms with Crippen LogP contribution >= 0.6 is 27.3 Å². The van der Waals surface area contributed by atoms with Crippen LogP contribution in [0.1, 0.15) is 10.6 Å². The molecule has 5 heteroatoms. The summed E-state index contributed by atoms with van der Waals surface area (Å²) < 4.78 is 3.25. The van der Waals surface area contributed by atoms with E-state index in [1.54, 1.807) is 11.3 Å². The van der Waals surface area contributed by atoms with E-state index in [0.29, 0.717) is 6.54 Å². The molecule has 0 aliphatic heterocycles. The molecule has 0 saturated carbocycles. The molecule has 2 N–H and O–H groups in total. The molecule has 0 bridgehead atoms. The number of imidazole rings is 1. The van der Waals surface area contributed by atoms with Gasteiger partial charge in [-0.25, -0.2) is 4.98 Å². The van der Waals surface area contributed by atoms with E-state index in [-0.39, 0.29) is 0 Å². The first-order chi connectivity index (χ1) is 7.28. The maximum absolute atomic E-state index is 5.47. The van der Waals surface area contributed by atoms with Crippen LogP contribution in [-0.2, 0) is 13.0 Å². The molecular weight excluding hydrogens is 274 g/mol. The summed E-state index contributed by atoms with van der Waals surface area (Å²) in [5.41, 5.74) is 6.54. The number of hydrogen-bond acceptors (Lipinski definition) is 3. The zero-order valence-electron chi connectivity index (χ0n) is 8.19. The highest BCUT2D eigenvalue weighted by Crippen LogP contribution is 2.22. The molecule has 0 spiro atoms. The van der Waals surface area contributed by atoms with Gasteiger partial charge in [-0.1, -0.05) is 0 Å². The van der Waals surface area contributed by atoms with Crippen LogP contribution in [0.15, 0.2) is 28.4 Å². The molecule has 0 aliphatic carbocycles. The molecule has 2 aromatic heterocycles. The Morgan fingerprint density at radius 3 is 3.00 bits per heavy atom. The molecule has 0 saturated heterocycles. The van der Waals surface area contributed by atoms with Crippen molar-refractivity contribution in [3.8, 4) is 0 Å². The lowest BCUT2D eigenvalue weighted by atomic mass is 10.3. The second kappa shape index (κ2) is 4.92. The number of rotatable bonds is 4. The van der Waals surface area contributed by atoms with E-state index in [4.69, 9.17) is 5.73 Å². The molecule has 2 aromatic rings. The Morgan fingerprint density at radius 1 is 1.47 bits per heavy atom.